The number of amides is 1. The number of carbonyl (C=O) groups excluding carboxylic acids is 2. The van der Waals surface area contributed by atoms with Crippen molar-refractivity contribution >= 4 is 11.7 Å². The number of carbonyl (C=O) groups is 2. The lowest BCUT2D eigenvalue weighted by atomic mass is 9.46. The number of rotatable bonds is 1. The van der Waals surface area contributed by atoms with Crippen LogP contribution in [0.1, 0.15) is 65.7 Å². The first-order valence-corrected chi connectivity index (χ1v) is 9.63. The summed E-state index contributed by atoms with van der Waals surface area (Å²) in [5, 5.41) is 3.16. The average Bonchev–Trinajstić information content (AvgIpc) is 2.85. The van der Waals surface area contributed by atoms with Gasteiger partial charge >= 0.3 is 0 Å². The summed E-state index contributed by atoms with van der Waals surface area (Å²) in [4.78, 5) is 24.0. The van der Waals surface area contributed by atoms with Crippen molar-refractivity contribution in [3.05, 3.63) is 0 Å². The minimum absolute atomic E-state index is 0.244. The molecule has 4 rings (SSSR count). The first kappa shape index (κ1) is 15.7. The molecule has 0 radical (unpaired) electrons. The van der Waals surface area contributed by atoms with Gasteiger partial charge in [0.2, 0.25) is 5.91 Å². The molecule has 1 N–H and O–H groups in total. The maximum atomic E-state index is 12.1. The van der Waals surface area contributed by atoms with Gasteiger partial charge in [0.15, 0.2) is 0 Å². The molecule has 0 spiro atoms. The van der Waals surface area contributed by atoms with Gasteiger partial charge in [-0.1, -0.05) is 13.8 Å². The van der Waals surface area contributed by atoms with Crippen molar-refractivity contribution in [1.82, 2.24) is 5.32 Å². The van der Waals surface area contributed by atoms with Crippen LogP contribution < -0.4 is 5.32 Å². The fraction of sp³-hybridized carbons (Fsp3) is 0.900. The van der Waals surface area contributed by atoms with Crippen LogP contribution in [-0.2, 0) is 9.59 Å². The molecule has 4 aliphatic rings. The minimum atomic E-state index is 0.244. The van der Waals surface area contributed by atoms with Crippen LogP contribution in [0.15, 0.2) is 0 Å². The maximum absolute atomic E-state index is 12.1. The van der Waals surface area contributed by atoms with E-state index >= 15 is 0 Å². The summed E-state index contributed by atoms with van der Waals surface area (Å²) >= 11 is 0. The highest BCUT2D eigenvalue weighted by molar-refractivity contribution is 5.79. The summed E-state index contributed by atoms with van der Waals surface area (Å²) in [6.45, 7) is 7.52. The Morgan fingerprint density at radius 2 is 1.78 bits per heavy atom. The first-order chi connectivity index (χ1) is 10.9. The third-order valence-corrected chi connectivity index (χ3v) is 8.65. The molecule has 3 heteroatoms. The van der Waals surface area contributed by atoms with Gasteiger partial charge in [-0.05, 0) is 80.0 Å². The van der Waals surface area contributed by atoms with Crippen LogP contribution in [0.4, 0.5) is 0 Å². The molecule has 1 saturated heterocycles. The van der Waals surface area contributed by atoms with Gasteiger partial charge in [-0.25, -0.2) is 0 Å². The summed E-state index contributed by atoms with van der Waals surface area (Å²) in [6.07, 6.45) is 8.04. The Labute approximate surface area is 140 Å². The molecule has 3 saturated carbocycles. The van der Waals surface area contributed by atoms with E-state index in [4.69, 9.17) is 0 Å². The van der Waals surface area contributed by atoms with E-state index in [1.54, 1.807) is 6.92 Å². The molecule has 0 aromatic heterocycles. The molecule has 1 heterocycles. The van der Waals surface area contributed by atoms with Crippen LogP contribution >= 0.6 is 0 Å². The van der Waals surface area contributed by atoms with Crippen molar-refractivity contribution in [3.8, 4) is 0 Å². The Hall–Kier alpha value is -0.860. The van der Waals surface area contributed by atoms with Crippen molar-refractivity contribution in [3.63, 3.8) is 0 Å². The van der Waals surface area contributed by atoms with Crippen LogP contribution in [0, 0.1) is 40.4 Å². The monoisotopic (exact) mass is 317 g/mol. The van der Waals surface area contributed by atoms with E-state index in [1.807, 2.05) is 0 Å². The van der Waals surface area contributed by atoms with E-state index in [1.165, 1.54) is 32.1 Å². The predicted molar refractivity (Wildman–Crippen MR) is 89.7 cm³/mol. The largest absolute Gasteiger partial charge is 0.356 e. The summed E-state index contributed by atoms with van der Waals surface area (Å²) in [6, 6.07) is 0. The van der Waals surface area contributed by atoms with E-state index in [9.17, 15) is 9.59 Å². The number of Topliss-reactive ketones (excluding diaryl/α,β-unsaturated/α-hetero) is 1. The second-order valence-corrected chi connectivity index (χ2v) is 9.42. The lowest BCUT2D eigenvalue weighted by molar-refractivity contribution is -0.143. The molecule has 0 bridgehead atoms. The zero-order valence-corrected chi connectivity index (χ0v) is 14.9. The molecule has 7 atom stereocenters. The van der Waals surface area contributed by atoms with Crippen molar-refractivity contribution < 1.29 is 9.59 Å². The number of fused-ring (bicyclic) bond motifs is 5. The fourth-order valence-electron chi connectivity index (χ4n) is 7.40. The molecule has 23 heavy (non-hydrogen) atoms. The third-order valence-electron chi connectivity index (χ3n) is 8.65. The number of ketones is 1. The highest BCUT2D eigenvalue weighted by Crippen LogP contribution is 2.66. The smallest absolute Gasteiger partial charge is 0.220 e. The van der Waals surface area contributed by atoms with Crippen LogP contribution in [0.2, 0.25) is 0 Å². The Morgan fingerprint density at radius 1 is 1.04 bits per heavy atom. The van der Waals surface area contributed by atoms with Crippen LogP contribution in [0.3, 0.4) is 0 Å². The molecule has 4 fully saturated rings. The molecular formula is C20H31NO2. The predicted octanol–water partition coefficient (Wildman–Crippen LogP) is 3.57. The van der Waals surface area contributed by atoms with Crippen molar-refractivity contribution in [2.45, 2.75) is 65.7 Å². The maximum Gasteiger partial charge on any atom is 0.220 e. The van der Waals surface area contributed by atoms with Gasteiger partial charge in [-0.3, -0.25) is 9.59 Å². The number of nitrogens with one attached hydrogen (secondary N) is 1. The van der Waals surface area contributed by atoms with Crippen molar-refractivity contribution in [2.24, 2.45) is 40.4 Å². The standard InChI is InChI=1S/C20H31NO2/c1-12(22)15-6-7-16-14-5-4-13-10-18(23)21-11-20(13,3)17(14)8-9-19(15,16)2/h13-17H,4-11H2,1-3H3,(H,21,23)/t13?,14-,15+,16-,17-,19+,20-/m0/s1. The van der Waals surface area contributed by atoms with Gasteiger partial charge in [0.05, 0.1) is 0 Å². The zero-order valence-electron chi connectivity index (χ0n) is 14.9. The SMILES string of the molecule is CC(=O)[C@H]1CC[C@H]2[C@@H]3CCC4CC(=O)NC[C@]4(C)[C@H]3CC[C@]12C. The zero-order chi connectivity index (χ0) is 16.4. The average molecular weight is 317 g/mol. The Kier molecular flexibility index (Phi) is 3.45. The molecule has 1 amide bonds. The lowest BCUT2D eigenvalue weighted by Gasteiger charge is -2.60. The topological polar surface area (TPSA) is 46.2 Å². The number of piperidine rings is 1. The van der Waals surface area contributed by atoms with Gasteiger partial charge in [-0.2, -0.15) is 0 Å². The third kappa shape index (κ3) is 2.07. The second kappa shape index (κ2) is 5.07. The molecule has 3 nitrogen and oxygen atoms in total. The van der Waals surface area contributed by atoms with Gasteiger partial charge in [0, 0.05) is 18.9 Å². The molecule has 1 aliphatic heterocycles. The van der Waals surface area contributed by atoms with Gasteiger partial charge < -0.3 is 5.32 Å². The molecule has 1 unspecified atom stereocenters. The lowest BCUT2D eigenvalue weighted by Crippen LogP contribution is -2.59. The van der Waals surface area contributed by atoms with E-state index in [0.29, 0.717) is 17.6 Å². The number of hydrogen-bond acceptors (Lipinski definition) is 2. The van der Waals surface area contributed by atoms with E-state index in [-0.39, 0.29) is 16.7 Å². The Balaban J connectivity index is 1.63. The minimum Gasteiger partial charge on any atom is -0.356 e. The van der Waals surface area contributed by atoms with Gasteiger partial charge in [0.1, 0.15) is 5.78 Å². The first-order valence-electron chi connectivity index (χ1n) is 9.63. The molecule has 0 aromatic rings. The van der Waals surface area contributed by atoms with E-state index in [2.05, 4.69) is 19.2 Å². The van der Waals surface area contributed by atoms with Gasteiger partial charge in [-0.15, -0.1) is 0 Å². The van der Waals surface area contributed by atoms with Crippen LogP contribution in [0.5, 0.6) is 0 Å². The normalized spacial score (nSPS) is 52.1. The van der Waals surface area contributed by atoms with E-state index in [0.717, 1.165) is 37.1 Å². The molecular weight excluding hydrogens is 286 g/mol. The Bertz CT molecular complexity index is 544. The highest BCUT2D eigenvalue weighted by atomic mass is 16.1. The molecule has 0 aromatic carbocycles. The summed E-state index contributed by atoms with van der Waals surface area (Å²) in [7, 11) is 0. The van der Waals surface area contributed by atoms with Crippen molar-refractivity contribution in [1.29, 1.82) is 0 Å². The number of hydrogen-bond donors (Lipinski definition) is 1. The highest BCUT2D eigenvalue weighted by Gasteiger charge is 2.60. The van der Waals surface area contributed by atoms with Crippen molar-refractivity contribution in [2.75, 3.05) is 6.54 Å². The van der Waals surface area contributed by atoms with Crippen LogP contribution in [-0.4, -0.2) is 18.2 Å². The quantitative estimate of drug-likeness (QED) is 0.803. The van der Waals surface area contributed by atoms with Gasteiger partial charge in [0.25, 0.3) is 0 Å². The van der Waals surface area contributed by atoms with E-state index < -0.39 is 0 Å². The molecule has 128 valence electrons. The summed E-state index contributed by atoms with van der Waals surface area (Å²) in [5.74, 6) is 3.78. The summed E-state index contributed by atoms with van der Waals surface area (Å²) < 4.78 is 0. The summed E-state index contributed by atoms with van der Waals surface area (Å²) in [5.41, 5.74) is 0.528. The second-order valence-electron chi connectivity index (χ2n) is 9.42. The fourth-order valence-corrected chi connectivity index (χ4v) is 7.40. The molecule has 3 aliphatic carbocycles. The van der Waals surface area contributed by atoms with Crippen LogP contribution in [0.25, 0.3) is 0 Å². The Morgan fingerprint density at radius 3 is 2.52 bits per heavy atom.